The summed E-state index contributed by atoms with van der Waals surface area (Å²) in [7, 11) is 0. The molecule has 0 atom stereocenters. The molecule has 0 aliphatic heterocycles. The highest BCUT2D eigenvalue weighted by atomic mass is 16.2. The highest BCUT2D eigenvalue weighted by Crippen LogP contribution is 2.21. The van der Waals surface area contributed by atoms with E-state index in [1.54, 1.807) is 0 Å². The minimum Gasteiger partial charge on any atom is -0.398 e. The first-order valence-electron chi connectivity index (χ1n) is 6.44. The summed E-state index contributed by atoms with van der Waals surface area (Å²) < 4.78 is 0. The molecule has 100 valence electrons. The van der Waals surface area contributed by atoms with E-state index in [-0.39, 0.29) is 11.3 Å². The van der Waals surface area contributed by atoms with Gasteiger partial charge in [0.05, 0.1) is 0 Å². The molecule has 18 heavy (non-hydrogen) atoms. The Labute approximate surface area is 110 Å². The lowest BCUT2D eigenvalue weighted by molar-refractivity contribution is -0.133. The Bertz CT molecular complexity index is 407. The molecule has 0 fully saturated rings. The van der Waals surface area contributed by atoms with Crippen LogP contribution in [-0.4, -0.2) is 17.4 Å². The van der Waals surface area contributed by atoms with Crippen LogP contribution in [0, 0.1) is 5.41 Å². The minimum absolute atomic E-state index is 0.0206. The molecule has 0 aliphatic rings. The molecule has 0 aromatic heterocycles. The van der Waals surface area contributed by atoms with Gasteiger partial charge in [0.1, 0.15) is 0 Å². The van der Waals surface area contributed by atoms with Crippen molar-refractivity contribution in [1.29, 1.82) is 0 Å². The van der Waals surface area contributed by atoms with Crippen LogP contribution < -0.4 is 5.73 Å². The first-order chi connectivity index (χ1) is 8.33. The molecule has 2 N–H and O–H groups in total. The van der Waals surface area contributed by atoms with E-state index >= 15 is 0 Å². The van der Waals surface area contributed by atoms with Crippen LogP contribution in [-0.2, 0) is 11.3 Å². The van der Waals surface area contributed by atoms with Gasteiger partial charge in [0, 0.05) is 25.2 Å². The van der Waals surface area contributed by atoms with Crippen molar-refractivity contribution in [3.8, 4) is 0 Å². The number of anilines is 1. The molecule has 0 spiro atoms. The van der Waals surface area contributed by atoms with Crippen LogP contribution in [0.1, 0.15) is 39.7 Å². The van der Waals surface area contributed by atoms with Crippen molar-refractivity contribution >= 4 is 11.6 Å². The lowest BCUT2D eigenvalue weighted by Crippen LogP contribution is -2.33. The molecule has 1 aromatic carbocycles. The average Bonchev–Trinajstić information content (AvgIpc) is 2.25. The number of amides is 1. The van der Waals surface area contributed by atoms with Gasteiger partial charge in [-0.1, -0.05) is 39.0 Å². The largest absolute Gasteiger partial charge is 0.398 e. The summed E-state index contributed by atoms with van der Waals surface area (Å²) in [6.45, 7) is 9.54. The Balaban J connectivity index is 2.74. The van der Waals surface area contributed by atoms with Gasteiger partial charge in [0.25, 0.3) is 0 Å². The maximum atomic E-state index is 12.2. The van der Waals surface area contributed by atoms with Crippen LogP contribution in [0.5, 0.6) is 0 Å². The molecule has 0 saturated heterocycles. The first kappa shape index (κ1) is 14.6. The second-order valence-corrected chi connectivity index (χ2v) is 5.84. The van der Waals surface area contributed by atoms with Gasteiger partial charge in [-0.05, 0) is 24.0 Å². The molecule has 3 heteroatoms. The summed E-state index contributed by atoms with van der Waals surface area (Å²) in [6.07, 6.45) is 0.563. The lowest BCUT2D eigenvalue weighted by Gasteiger charge is -2.26. The van der Waals surface area contributed by atoms with Crippen molar-refractivity contribution in [3.63, 3.8) is 0 Å². The van der Waals surface area contributed by atoms with Crippen LogP contribution >= 0.6 is 0 Å². The Morgan fingerprint density at radius 3 is 2.39 bits per heavy atom. The number of rotatable bonds is 4. The fourth-order valence-electron chi connectivity index (χ4n) is 1.83. The van der Waals surface area contributed by atoms with Gasteiger partial charge in [-0.25, -0.2) is 0 Å². The normalized spacial score (nSPS) is 11.3. The molecule has 0 bridgehead atoms. The number of nitrogens with two attached hydrogens (primary N) is 1. The van der Waals surface area contributed by atoms with Gasteiger partial charge in [-0.3, -0.25) is 4.79 Å². The quantitative estimate of drug-likeness (QED) is 0.832. The number of carbonyl (C=O) groups excluding carboxylic acids is 1. The number of benzene rings is 1. The first-order valence-corrected chi connectivity index (χ1v) is 6.44. The van der Waals surface area contributed by atoms with Crippen LogP contribution in [0.25, 0.3) is 0 Å². The predicted octanol–water partition coefficient (Wildman–Crippen LogP) is 3.05. The molecule has 1 aromatic rings. The van der Waals surface area contributed by atoms with Gasteiger partial charge in [0.15, 0.2) is 0 Å². The predicted molar refractivity (Wildman–Crippen MR) is 76.0 cm³/mol. The molecule has 3 nitrogen and oxygen atoms in total. The highest BCUT2D eigenvalue weighted by Gasteiger charge is 2.20. The fourth-order valence-corrected chi connectivity index (χ4v) is 1.83. The third-order valence-electron chi connectivity index (χ3n) is 2.83. The molecular weight excluding hydrogens is 224 g/mol. The molecule has 0 heterocycles. The SMILES string of the molecule is CCN(Cc1ccccc1N)C(=O)CC(C)(C)C. The summed E-state index contributed by atoms with van der Waals surface area (Å²) in [5.41, 5.74) is 7.70. The Hall–Kier alpha value is -1.51. The maximum absolute atomic E-state index is 12.2. The molecule has 0 unspecified atom stereocenters. The summed E-state index contributed by atoms with van der Waals surface area (Å²) in [5.74, 6) is 0.188. The number of nitrogens with zero attached hydrogens (tertiary/aromatic N) is 1. The van der Waals surface area contributed by atoms with Gasteiger partial charge in [-0.2, -0.15) is 0 Å². The number of hydrogen-bond acceptors (Lipinski definition) is 2. The van der Waals surface area contributed by atoms with Crippen molar-refractivity contribution < 1.29 is 4.79 Å². The van der Waals surface area contributed by atoms with E-state index in [1.165, 1.54) is 0 Å². The molecule has 1 amide bonds. The zero-order chi connectivity index (χ0) is 13.8. The summed E-state index contributed by atoms with van der Waals surface area (Å²) in [5, 5.41) is 0. The Kier molecular flexibility index (Phi) is 4.76. The maximum Gasteiger partial charge on any atom is 0.223 e. The molecule has 0 saturated carbocycles. The number of hydrogen-bond donors (Lipinski definition) is 1. The van der Waals surface area contributed by atoms with Crippen molar-refractivity contribution in [2.45, 2.75) is 40.7 Å². The Morgan fingerprint density at radius 2 is 1.89 bits per heavy atom. The van der Waals surface area contributed by atoms with Crippen LogP contribution in [0.2, 0.25) is 0 Å². The molecular formula is C15H24N2O. The summed E-state index contributed by atoms with van der Waals surface area (Å²) >= 11 is 0. The molecule has 0 aliphatic carbocycles. The fraction of sp³-hybridized carbons (Fsp3) is 0.533. The van der Waals surface area contributed by atoms with Gasteiger partial charge >= 0.3 is 0 Å². The van der Waals surface area contributed by atoms with E-state index in [1.807, 2.05) is 36.1 Å². The van der Waals surface area contributed by atoms with Crippen molar-refractivity contribution in [3.05, 3.63) is 29.8 Å². The van der Waals surface area contributed by atoms with E-state index in [0.29, 0.717) is 19.5 Å². The van der Waals surface area contributed by atoms with Crippen LogP contribution in [0.4, 0.5) is 5.69 Å². The van der Waals surface area contributed by atoms with Gasteiger partial charge in [0.2, 0.25) is 5.91 Å². The second kappa shape index (κ2) is 5.89. The van der Waals surface area contributed by atoms with Gasteiger partial charge in [-0.15, -0.1) is 0 Å². The lowest BCUT2D eigenvalue weighted by atomic mass is 9.91. The van der Waals surface area contributed by atoms with Crippen molar-refractivity contribution in [2.24, 2.45) is 5.41 Å². The molecule has 1 rings (SSSR count). The average molecular weight is 248 g/mol. The number of para-hydroxylation sites is 1. The second-order valence-electron chi connectivity index (χ2n) is 5.84. The number of carbonyl (C=O) groups is 1. The Morgan fingerprint density at radius 1 is 1.28 bits per heavy atom. The summed E-state index contributed by atoms with van der Waals surface area (Å²) in [4.78, 5) is 14.0. The van der Waals surface area contributed by atoms with Crippen molar-refractivity contribution in [2.75, 3.05) is 12.3 Å². The van der Waals surface area contributed by atoms with E-state index in [2.05, 4.69) is 20.8 Å². The standard InChI is InChI=1S/C15H24N2O/c1-5-17(14(18)10-15(2,3)4)11-12-8-6-7-9-13(12)16/h6-9H,5,10-11,16H2,1-4H3. The zero-order valence-corrected chi connectivity index (χ0v) is 11.9. The third kappa shape index (κ3) is 4.40. The monoisotopic (exact) mass is 248 g/mol. The third-order valence-corrected chi connectivity index (χ3v) is 2.83. The van der Waals surface area contributed by atoms with Crippen molar-refractivity contribution in [1.82, 2.24) is 4.90 Å². The van der Waals surface area contributed by atoms with Crippen LogP contribution in [0.3, 0.4) is 0 Å². The topological polar surface area (TPSA) is 46.3 Å². The van der Waals surface area contributed by atoms with Gasteiger partial charge < -0.3 is 10.6 Å². The van der Waals surface area contributed by atoms with E-state index in [9.17, 15) is 4.79 Å². The minimum atomic E-state index is 0.0206. The molecule has 0 radical (unpaired) electrons. The van der Waals surface area contributed by atoms with E-state index < -0.39 is 0 Å². The summed E-state index contributed by atoms with van der Waals surface area (Å²) in [6, 6.07) is 7.71. The smallest absolute Gasteiger partial charge is 0.223 e. The zero-order valence-electron chi connectivity index (χ0n) is 11.9. The van der Waals surface area contributed by atoms with E-state index in [4.69, 9.17) is 5.73 Å². The van der Waals surface area contributed by atoms with Crippen LogP contribution in [0.15, 0.2) is 24.3 Å². The van der Waals surface area contributed by atoms with E-state index in [0.717, 1.165) is 11.3 Å². The number of nitrogen functional groups attached to an aromatic ring is 1. The highest BCUT2D eigenvalue weighted by molar-refractivity contribution is 5.77.